The van der Waals surface area contributed by atoms with Crippen LogP contribution in [-0.4, -0.2) is 33.4 Å². The maximum atomic E-state index is 11.8. The average Bonchev–Trinajstić information content (AvgIpc) is 2.35. The zero-order valence-corrected chi connectivity index (χ0v) is 12.1. The van der Waals surface area contributed by atoms with Crippen molar-refractivity contribution in [1.82, 2.24) is 15.3 Å². The Hall–Kier alpha value is -1.96. The molecule has 1 heterocycles. The maximum Gasteiger partial charge on any atom is 0.329 e. The summed E-state index contributed by atoms with van der Waals surface area (Å²) in [5.41, 5.74) is -0.335. The van der Waals surface area contributed by atoms with Gasteiger partial charge in [-0.3, -0.25) is 14.9 Å². The zero-order chi connectivity index (χ0) is 15.3. The van der Waals surface area contributed by atoms with Gasteiger partial charge in [0.25, 0.3) is 0 Å². The molecule has 0 aliphatic rings. The van der Waals surface area contributed by atoms with Crippen LogP contribution in [0.1, 0.15) is 20.8 Å². The van der Waals surface area contributed by atoms with Crippen molar-refractivity contribution in [2.24, 2.45) is 5.92 Å². The Morgan fingerprint density at radius 2 is 2.15 bits per heavy atom. The van der Waals surface area contributed by atoms with E-state index in [-0.39, 0.29) is 22.7 Å². The third kappa shape index (κ3) is 4.61. The second-order valence-electron chi connectivity index (χ2n) is 4.64. The summed E-state index contributed by atoms with van der Waals surface area (Å²) in [5.74, 6) is -0.0427. The van der Waals surface area contributed by atoms with Crippen LogP contribution in [0.25, 0.3) is 0 Å². The Morgan fingerprint density at radius 3 is 2.70 bits per heavy atom. The van der Waals surface area contributed by atoms with E-state index in [1.54, 1.807) is 6.92 Å². The fourth-order valence-electron chi connectivity index (χ4n) is 1.32. The van der Waals surface area contributed by atoms with Crippen molar-refractivity contribution in [3.8, 4) is 0 Å². The SMILES string of the molecule is CC(C)CNC(=O)C(C)Nc1nc(Cl)ncc1[N+](=O)[O-]. The van der Waals surface area contributed by atoms with Gasteiger partial charge in [0, 0.05) is 6.54 Å². The summed E-state index contributed by atoms with van der Waals surface area (Å²) >= 11 is 5.60. The van der Waals surface area contributed by atoms with Gasteiger partial charge in [-0.1, -0.05) is 13.8 Å². The van der Waals surface area contributed by atoms with E-state index in [1.165, 1.54) is 0 Å². The number of anilines is 1. The summed E-state index contributed by atoms with van der Waals surface area (Å²) in [7, 11) is 0. The number of carbonyl (C=O) groups excluding carboxylic acids is 1. The van der Waals surface area contributed by atoms with Crippen LogP contribution in [0.2, 0.25) is 5.28 Å². The summed E-state index contributed by atoms with van der Waals surface area (Å²) in [6.07, 6.45) is 0.996. The molecule has 0 fully saturated rings. The highest BCUT2D eigenvalue weighted by Crippen LogP contribution is 2.22. The zero-order valence-electron chi connectivity index (χ0n) is 11.4. The Morgan fingerprint density at radius 1 is 1.50 bits per heavy atom. The van der Waals surface area contributed by atoms with Gasteiger partial charge in [-0.2, -0.15) is 4.98 Å². The lowest BCUT2D eigenvalue weighted by atomic mass is 10.2. The number of halogens is 1. The van der Waals surface area contributed by atoms with E-state index in [4.69, 9.17) is 11.6 Å². The van der Waals surface area contributed by atoms with Crippen molar-refractivity contribution in [3.63, 3.8) is 0 Å². The number of hydrogen-bond donors (Lipinski definition) is 2. The van der Waals surface area contributed by atoms with Gasteiger partial charge >= 0.3 is 5.69 Å². The second-order valence-corrected chi connectivity index (χ2v) is 4.97. The van der Waals surface area contributed by atoms with E-state index in [9.17, 15) is 14.9 Å². The van der Waals surface area contributed by atoms with Crippen LogP contribution >= 0.6 is 11.6 Å². The minimum atomic E-state index is -0.682. The standard InChI is InChI=1S/C11H16ClN5O3/c1-6(2)4-13-10(18)7(3)15-9-8(17(19)20)5-14-11(12)16-9/h5-7H,4H2,1-3H3,(H,13,18)(H,14,15,16). The molecule has 9 heteroatoms. The van der Waals surface area contributed by atoms with Crippen LogP contribution in [0.3, 0.4) is 0 Å². The molecule has 20 heavy (non-hydrogen) atoms. The molecule has 1 aromatic heterocycles. The number of rotatable bonds is 6. The normalized spacial score (nSPS) is 12.1. The highest BCUT2D eigenvalue weighted by molar-refractivity contribution is 6.28. The van der Waals surface area contributed by atoms with E-state index in [0.717, 1.165) is 6.20 Å². The highest BCUT2D eigenvalue weighted by atomic mass is 35.5. The van der Waals surface area contributed by atoms with Crippen molar-refractivity contribution in [2.75, 3.05) is 11.9 Å². The first-order valence-electron chi connectivity index (χ1n) is 6.02. The molecule has 1 amide bonds. The minimum absolute atomic E-state index is 0.0813. The summed E-state index contributed by atoms with van der Waals surface area (Å²) < 4.78 is 0. The van der Waals surface area contributed by atoms with Crippen LogP contribution in [0.15, 0.2) is 6.20 Å². The fourth-order valence-corrected chi connectivity index (χ4v) is 1.46. The number of amides is 1. The molecule has 0 saturated carbocycles. The number of nitrogens with one attached hydrogen (secondary N) is 2. The average molecular weight is 302 g/mol. The van der Waals surface area contributed by atoms with Gasteiger partial charge < -0.3 is 10.6 Å². The molecule has 1 atom stereocenters. The molecule has 0 spiro atoms. The van der Waals surface area contributed by atoms with Crippen molar-refractivity contribution in [2.45, 2.75) is 26.8 Å². The number of carbonyl (C=O) groups is 1. The van der Waals surface area contributed by atoms with E-state index in [0.29, 0.717) is 12.5 Å². The van der Waals surface area contributed by atoms with Crippen molar-refractivity contribution >= 4 is 29.0 Å². The van der Waals surface area contributed by atoms with Crippen LogP contribution < -0.4 is 10.6 Å². The largest absolute Gasteiger partial charge is 0.354 e. The van der Waals surface area contributed by atoms with Crippen LogP contribution in [0.4, 0.5) is 11.5 Å². The quantitative estimate of drug-likeness (QED) is 0.469. The molecular weight excluding hydrogens is 286 g/mol. The summed E-state index contributed by atoms with van der Waals surface area (Å²) in [4.78, 5) is 29.3. The van der Waals surface area contributed by atoms with Gasteiger partial charge in [0.1, 0.15) is 12.2 Å². The Bertz CT molecular complexity index is 509. The monoisotopic (exact) mass is 301 g/mol. The smallest absolute Gasteiger partial charge is 0.329 e. The molecule has 110 valence electrons. The van der Waals surface area contributed by atoms with E-state index in [1.807, 2.05) is 13.8 Å². The van der Waals surface area contributed by atoms with E-state index in [2.05, 4.69) is 20.6 Å². The molecule has 1 aromatic rings. The molecule has 2 N–H and O–H groups in total. The molecular formula is C11H16ClN5O3. The lowest BCUT2D eigenvalue weighted by Crippen LogP contribution is -2.39. The molecule has 1 rings (SSSR count). The third-order valence-corrected chi connectivity index (χ3v) is 2.55. The molecule has 1 unspecified atom stereocenters. The first kappa shape index (κ1) is 16.1. The van der Waals surface area contributed by atoms with Crippen molar-refractivity contribution < 1.29 is 9.72 Å². The first-order chi connectivity index (χ1) is 9.31. The Kier molecular flexibility index (Phi) is 5.63. The van der Waals surface area contributed by atoms with Crippen molar-refractivity contribution in [3.05, 3.63) is 21.6 Å². The highest BCUT2D eigenvalue weighted by Gasteiger charge is 2.21. The van der Waals surface area contributed by atoms with Crippen LogP contribution in [-0.2, 0) is 4.79 Å². The molecule has 0 aromatic carbocycles. The molecule has 0 aliphatic carbocycles. The summed E-state index contributed by atoms with van der Waals surface area (Å²) in [6, 6.07) is -0.682. The fraction of sp³-hybridized carbons (Fsp3) is 0.545. The molecule has 0 saturated heterocycles. The molecule has 0 radical (unpaired) electrons. The number of nitro groups is 1. The van der Waals surface area contributed by atoms with Gasteiger partial charge in [-0.25, -0.2) is 4.98 Å². The van der Waals surface area contributed by atoms with Crippen LogP contribution in [0, 0.1) is 16.0 Å². The summed E-state index contributed by atoms with van der Waals surface area (Å²) in [5, 5.41) is 16.1. The topological polar surface area (TPSA) is 110 Å². The van der Waals surface area contributed by atoms with Gasteiger partial charge in [-0.15, -0.1) is 0 Å². The van der Waals surface area contributed by atoms with Gasteiger partial charge in [-0.05, 0) is 24.4 Å². The summed E-state index contributed by atoms with van der Waals surface area (Å²) in [6.45, 7) is 6.04. The van der Waals surface area contributed by atoms with E-state index >= 15 is 0 Å². The molecule has 0 bridgehead atoms. The van der Waals surface area contributed by atoms with Crippen molar-refractivity contribution in [1.29, 1.82) is 0 Å². The van der Waals surface area contributed by atoms with Gasteiger partial charge in [0.15, 0.2) is 0 Å². The lowest BCUT2D eigenvalue weighted by Gasteiger charge is -2.15. The van der Waals surface area contributed by atoms with E-state index < -0.39 is 11.0 Å². The number of aromatic nitrogens is 2. The molecule has 0 aliphatic heterocycles. The predicted molar refractivity (Wildman–Crippen MR) is 74.6 cm³/mol. The Balaban J connectivity index is 2.79. The maximum absolute atomic E-state index is 11.8. The third-order valence-electron chi connectivity index (χ3n) is 2.37. The van der Waals surface area contributed by atoms with Gasteiger partial charge in [0.2, 0.25) is 17.0 Å². The number of hydrogen-bond acceptors (Lipinski definition) is 6. The second kappa shape index (κ2) is 6.99. The number of nitrogens with zero attached hydrogens (tertiary/aromatic N) is 3. The predicted octanol–water partition coefficient (Wildman–Crippen LogP) is 1.61. The first-order valence-corrected chi connectivity index (χ1v) is 6.40. The van der Waals surface area contributed by atoms with Gasteiger partial charge in [0.05, 0.1) is 4.92 Å². The molecule has 8 nitrogen and oxygen atoms in total. The minimum Gasteiger partial charge on any atom is -0.354 e. The van der Waals surface area contributed by atoms with Crippen LogP contribution in [0.5, 0.6) is 0 Å². The Labute approximate surface area is 121 Å². The lowest BCUT2D eigenvalue weighted by molar-refractivity contribution is -0.384.